The number of hydrogen-bond donors (Lipinski definition) is 2. The number of hydrogen-bond acceptors (Lipinski definition) is 5. The van der Waals surface area contributed by atoms with Gasteiger partial charge in [0, 0.05) is 50.8 Å². The third kappa shape index (κ3) is 5.92. The molecule has 7 nitrogen and oxygen atoms in total. The predicted octanol–water partition coefficient (Wildman–Crippen LogP) is 4.61. The van der Waals surface area contributed by atoms with Crippen molar-refractivity contribution >= 4 is 11.6 Å². The zero-order valence-corrected chi connectivity index (χ0v) is 20.5. The number of pyridine rings is 1. The maximum absolute atomic E-state index is 13.5. The highest BCUT2D eigenvalue weighted by Crippen LogP contribution is 2.34. The lowest BCUT2D eigenvalue weighted by Gasteiger charge is -2.28. The molecule has 2 saturated heterocycles. The molecular formula is C26H32F3N3O4. The summed E-state index contributed by atoms with van der Waals surface area (Å²) in [5, 5.41) is 6.18. The van der Waals surface area contributed by atoms with Crippen molar-refractivity contribution in [3.63, 3.8) is 0 Å². The van der Waals surface area contributed by atoms with Crippen molar-refractivity contribution in [3.05, 3.63) is 63.1 Å². The summed E-state index contributed by atoms with van der Waals surface area (Å²) in [6, 6.07) is 4.69. The van der Waals surface area contributed by atoms with Gasteiger partial charge in [-0.3, -0.25) is 9.59 Å². The standard InChI is InChI=1S/C26H32F3N3O4/c1-16-20(4-3-5-22(16)26(27,28)29)17(2)30-25(34)21-15-32(19-8-12-36-13-9-19)24(33)14-23(21)31-18-6-10-35-11-7-18/h3-5,14-15,17-19,31H,6-13H2,1-2H3,(H,30,34)/t17-/m1/s1. The Morgan fingerprint density at radius 3 is 2.36 bits per heavy atom. The largest absolute Gasteiger partial charge is 0.416 e. The van der Waals surface area contributed by atoms with E-state index >= 15 is 0 Å². The number of carbonyl (C=O) groups excluding carboxylic acids is 1. The van der Waals surface area contributed by atoms with Crippen molar-refractivity contribution in [2.24, 2.45) is 0 Å². The van der Waals surface area contributed by atoms with Crippen LogP contribution in [0.15, 0.2) is 35.3 Å². The van der Waals surface area contributed by atoms with E-state index in [9.17, 15) is 22.8 Å². The summed E-state index contributed by atoms with van der Waals surface area (Å²) in [5.74, 6) is -0.463. The van der Waals surface area contributed by atoms with Crippen molar-refractivity contribution in [3.8, 4) is 0 Å². The number of nitrogens with one attached hydrogen (secondary N) is 2. The monoisotopic (exact) mass is 507 g/mol. The molecule has 2 aliphatic heterocycles. The van der Waals surface area contributed by atoms with E-state index in [1.807, 2.05) is 0 Å². The second-order valence-corrected chi connectivity index (χ2v) is 9.43. The molecular weight excluding hydrogens is 475 g/mol. The molecule has 0 saturated carbocycles. The zero-order chi connectivity index (χ0) is 25.9. The van der Waals surface area contributed by atoms with E-state index in [4.69, 9.17) is 9.47 Å². The van der Waals surface area contributed by atoms with E-state index in [2.05, 4.69) is 10.6 Å². The van der Waals surface area contributed by atoms with Gasteiger partial charge in [0.15, 0.2) is 0 Å². The van der Waals surface area contributed by atoms with E-state index in [1.54, 1.807) is 23.8 Å². The van der Waals surface area contributed by atoms with Gasteiger partial charge in [-0.2, -0.15) is 13.2 Å². The van der Waals surface area contributed by atoms with E-state index in [-0.39, 0.29) is 28.8 Å². The lowest BCUT2D eigenvalue weighted by atomic mass is 9.97. The van der Waals surface area contributed by atoms with E-state index in [0.717, 1.165) is 18.9 Å². The van der Waals surface area contributed by atoms with Gasteiger partial charge in [0.2, 0.25) is 0 Å². The summed E-state index contributed by atoms with van der Waals surface area (Å²) >= 11 is 0. The Bertz CT molecular complexity index is 1140. The molecule has 2 aliphatic rings. The van der Waals surface area contributed by atoms with E-state index in [1.165, 1.54) is 19.1 Å². The number of anilines is 1. The van der Waals surface area contributed by atoms with E-state index < -0.39 is 23.7 Å². The van der Waals surface area contributed by atoms with Gasteiger partial charge < -0.3 is 24.7 Å². The third-order valence-electron chi connectivity index (χ3n) is 6.99. The van der Waals surface area contributed by atoms with Gasteiger partial charge in [-0.05, 0) is 56.7 Å². The van der Waals surface area contributed by atoms with Crippen LogP contribution in [0.1, 0.15) is 71.7 Å². The SMILES string of the molecule is Cc1c([C@@H](C)NC(=O)c2cn(C3CCOCC3)c(=O)cc2NC2CCOCC2)cccc1C(F)(F)F. The van der Waals surface area contributed by atoms with Crippen LogP contribution in [0.25, 0.3) is 0 Å². The number of benzene rings is 1. The molecule has 0 radical (unpaired) electrons. The van der Waals surface area contributed by atoms with Crippen LogP contribution in [0, 0.1) is 6.92 Å². The molecule has 196 valence electrons. The van der Waals surface area contributed by atoms with E-state index in [0.29, 0.717) is 50.5 Å². The highest BCUT2D eigenvalue weighted by molar-refractivity contribution is 5.99. The predicted molar refractivity (Wildman–Crippen MR) is 129 cm³/mol. The average molecular weight is 508 g/mol. The highest BCUT2D eigenvalue weighted by atomic mass is 19.4. The van der Waals surface area contributed by atoms with Gasteiger partial charge in [0.1, 0.15) is 0 Å². The first-order valence-electron chi connectivity index (χ1n) is 12.3. The maximum atomic E-state index is 13.5. The fourth-order valence-electron chi connectivity index (χ4n) is 4.94. The molecule has 1 atom stereocenters. The van der Waals surface area contributed by atoms with Gasteiger partial charge in [-0.15, -0.1) is 0 Å². The quantitative estimate of drug-likeness (QED) is 0.597. The number of rotatable bonds is 6. The summed E-state index contributed by atoms with van der Waals surface area (Å²) in [6.07, 6.45) is -0.111. The van der Waals surface area contributed by atoms with Crippen LogP contribution in [-0.2, 0) is 15.7 Å². The lowest BCUT2D eigenvalue weighted by Crippen LogP contribution is -2.35. The van der Waals surface area contributed by atoms with Gasteiger partial charge >= 0.3 is 6.18 Å². The van der Waals surface area contributed by atoms with Crippen LogP contribution in [0.3, 0.4) is 0 Å². The summed E-state index contributed by atoms with van der Waals surface area (Å²) in [7, 11) is 0. The third-order valence-corrected chi connectivity index (χ3v) is 6.99. The molecule has 3 heterocycles. The first kappa shape index (κ1) is 26.2. The first-order valence-corrected chi connectivity index (χ1v) is 12.3. The lowest BCUT2D eigenvalue weighted by molar-refractivity contribution is -0.138. The Kier molecular flexibility index (Phi) is 8.04. The number of ether oxygens (including phenoxy) is 2. The number of halogens is 3. The summed E-state index contributed by atoms with van der Waals surface area (Å²) in [4.78, 5) is 26.5. The second-order valence-electron chi connectivity index (χ2n) is 9.43. The fourth-order valence-corrected chi connectivity index (χ4v) is 4.94. The smallest absolute Gasteiger partial charge is 0.381 e. The molecule has 4 rings (SSSR count). The molecule has 2 fully saturated rings. The van der Waals surface area contributed by atoms with Crippen LogP contribution in [-0.4, -0.2) is 42.9 Å². The Morgan fingerprint density at radius 2 is 1.72 bits per heavy atom. The minimum atomic E-state index is -4.48. The van der Waals surface area contributed by atoms with Crippen molar-refractivity contribution in [1.82, 2.24) is 9.88 Å². The van der Waals surface area contributed by atoms with Crippen LogP contribution < -0.4 is 16.2 Å². The molecule has 1 amide bonds. The number of alkyl halides is 3. The van der Waals surface area contributed by atoms with Crippen LogP contribution in [0.2, 0.25) is 0 Å². The highest BCUT2D eigenvalue weighted by Gasteiger charge is 2.33. The van der Waals surface area contributed by atoms with Crippen molar-refractivity contribution in [2.45, 2.75) is 63.8 Å². The Morgan fingerprint density at radius 1 is 1.08 bits per heavy atom. The minimum absolute atomic E-state index is 0.0479. The van der Waals surface area contributed by atoms with Gasteiger partial charge in [-0.25, -0.2) is 0 Å². The number of carbonyl (C=O) groups is 1. The topological polar surface area (TPSA) is 81.6 Å². The summed E-state index contributed by atoms with van der Waals surface area (Å²) < 4.78 is 52.6. The number of amides is 1. The maximum Gasteiger partial charge on any atom is 0.416 e. The average Bonchev–Trinajstić information content (AvgIpc) is 2.84. The molecule has 0 aliphatic carbocycles. The molecule has 2 aromatic rings. The van der Waals surface area contributed by atoms with Crippen molar-refractivity contribution in [1.29, 1.82) is 0 Å². The molecule has 2 N–H and O–H groups in total. The number of aromatic nitrogens is 1. The Labute approximate surface area is 208 Å². The summed E-state index contributed by atoms with van der Waals surface area (Å²) in [6.45, 7) is 5.30. The first-order chi connectivity index (χ1) is 17.1. The normalized spacial score (nSPS) is 18.6. The summed E-state index contributed by atoms with van der Waals surface area (Å²) in [5.41, 5.74) is 0.218. The number of nitrogens with zero attached hydrogens (tertiary/aromatic N) is 1. The molecule has 0 spiro atoms. The van der Waals surface area contributed by atoms with Gasteiger partial charge in [0.05, 0.1) is 22.9 Å². The second kappa shape index (κ2) is 11.0. The molecule has 1 aromatic heterocycles. The van der Waals surface area contributed by atoms with Gasteiger partial charge in [-0.1, -0.05) is 12.1 Å². The molecule has 36 heavy (non-hydrogen) atoms. The van der Waals surface area contributed by atoms with Crippen LogP contribution in [0.5, 0.6) is 0 Å². The molecule has 10 heteroatoms. The van der Waals surface area contributed by atoms with Crippen LogP contribution in [0.4, 0.5) is 18.9 Å². The molecule has 0 bridgehead atoms. The Hall–Kier alpha value is -2.85. The zero-order valence-electron chi connectivity index (χ0n) is 20.5. The molecule has 0 unspecified atom stereocenters. The fraction of sp³-hybridized carbons (Fsp3) is 0.538. The molecule has 1 aromatic carbocycles. The van der Waals surface area contributed by atoms with Crippen molar-refractivity contribution < 1.29 is 27.4 Å². The van der Waals surface area contributed by atoms with Crippen LogP contribution >= 0.6 is 0 Å². The Balaban J connectivity index is 1.64. The minimum Gasteiger partial charge on any atom is -0.381 e. The van der Waals surface area contributed by atoms with Crippen molar-refractivity contribution in [2.75, 3.05) is 31.7 Å². The van der Waals surface area contributed by atoms with Gasteiger partial charge in [0.25, 0.3) is 11.5 Å².